The van der Waals surface area contributed by atoms with Gasteiger partial charge in [0.05, 0.1) is 12.0 Å². The third-order valence-electron chi connectivity index (χ3n) is 7.47. The van der Waals surface area contributed by atoms with Gasteiger partial charge in [-0.1, -0.05) is 30.3 Å². The summed E-state index contributed by atoms with van der Waals surface area (Å²) in [4.78, 5) is 23.5. The van der Waals surface area contributed by atoms with Crippen LogP contribution in [0.3, 0.4) is 0 Å². The maximum absolute atomic E-state index is 13.1. The topological polar surface area (TPSA) is 93.3 Å². The molecule has 1 aromatic heterocycles. The molecule has 3 aliphatic rings. The van der Waals surface area contributed by atoms with Crippen molar-refractivity contribution < 1.29 is 9.90 Å². The number of nitrogens with zero attached hydrogens (tertiary/aromatic N) is 2. The number of aromatic nitrogens is 2. The minimum Gasteiger partial charge on any atom is -0.392 e. The lowest BCUT2D eigenvalue weighted by Crippen LogP contribution is -2.46. The number of H-pyrrole nitrogens is 1. The number of amides is 1. The lowest BCUT2D eigenvalue weighted by molar-refractivity contribution is -0.127. The summed E-state index contributed by atoms with van der Waals surface area (Å²) >= 11 is 0. The van der Waals surface area contributed by atoms with Crippen molar-refractivity contribution in [3.63, 3.8) is 0 Å². The summed E-state index contributed by atoms with van der Waals surface area (Å²) in [5, 5.41) is 18.2. The summed E-state index contributed by atoms with van der Waals surface area (Å²) in [6, 6.07) is 10.4. The molecule has 2 heterocycles. The van der Waals surface area contributed by atoms with Crippen LogP contribution in [0.15, 0.2) is 36.5 Å². The molecule has 4 atom stereocenters. The Kier molecular flexibility index (Phi) is 6.31. The van der Waals surface area contributed by atoms with Gasteiger partial charge in [-0.15, -0.1) is 0 Å². The smallest absolute Gasteiger partial charge is 0.226 e. The van der Waals surface area contributed by atoms with Crippen molar-refractivity contribution in [2.24, 2.45) is 5.92 Å². The summed E-state index contributed by atoms with van der Waals surface area (Å²) in [6.45, 7) is 2.64. The van der Waals surface area contributed by atoms with Crippen LogP contribution in [0.1, 0.15) is 61.0 Å². The van der Waals surface area contributed by atoms with Crippen molar-refractivity contribution in [3.8, 4) is 0 Å². The molecular formula is C25H35N5O2. The molecule has 32 heavy (non-hydrogen) atoms. The Labute approximate surface area is 190 Å². The highest BCUT2D eigenvalue weighted by molar-refractivity contribution is 5.80. The van der Waals surface area contributed by atoms with Gasteiger partial charge in [0.15, 0.2) is 0 Å². The largest absolute Gasteiger partial charge is 0.392 e. The zero-order valence-electron chi connectivity index (χ0n) is 18.8. The van der Waals surface area contributed by atoms with E-state index in [1.54, 1.807) is 0 Å². The lowest BCUT2D eigenvalue weighted by Gasteiger charge is -2.33. The number of hydrogen-bond donors (Lipinski definition) is 4. The standard InChI is InChI=1S/C25H35N5O2/c1-30-11-9-18(10-12-30)28-20-13-19(25(32)27-14-16-5-3-2-4-6-16)23(31)22(20)21-15-26-24(29-21)17-7-8-17/h2-6,15,17-20,22-23,28,31H,7-14H2,1H3,(H,26,29)(H,27,32)/t19-,20+,22+,23+/m0/s1. The van der Waals surface area contributed by atoms with Crippen LogP contribution in [0.25, 0.3) is 0 Å². The molecule has 0 radical (unpaired) electrons. The first-order valence-electron chi connectivity index (χ1n) is 12.1. The quantitative estimate of drug-likeness (QED) is 0.533. The number of rotatable bonds is 7. The Bertz CT molecular complexity index is 904. The van der Waals surface area contributed by atoms with Gasteiger partial charge in [0.25, 0.3) is 0 Å². The Morgan fingerprint density at radius 3 is 2.66 bits per heavy atom. The third kappa shape index (κ3) is 4.75. The van der Waals surface area contributed by atoms with Crippen LogP contribution in [0, 0.1) is 5.92 Å². The van der Waals surface area contributed by atoms with E-state index in [1.165, 1.54) is 12.8 Å². The molecule has 0 unspecified atom stereocenters. The number of carbonyl (C=O) groups excluding carboxylic acids is 1. The molecular weight excluding hydrogens is 402 g/mol. The van der Waals surface area contributed by atoms with E-state index in [9.17, 15) is 9.90 Å². The minimum absolute atomic E-state index is 0.0541. The highest BCUT2D eigenvalue weighted by atomic mass is 16.3. The second-order valence-corrected chi connectivity index (χ2v) is 9.91. The Hall–Kier alpha value is -2.22. The van der Waals surface area contributed by atoms with E-state index >= 15 is 0 Å². The van der Waals surface area contributed by atoms with Crippen LogP contribution in [-0.2, 0) is 11.3 Å². The molecule has 1 saturated heterocycles. The van der Waals surface area contributed by atoms with Gasteiger partial charge in [0.2, 0.25) is 5.91 Å². The zero-order valence-corrected chi connectivity index (χ0v) is 18.8. The number of aliphatic hydroxyl groups is 1. The SMILES string of the molecule is CN1CCC(N[C@@H]2C[C@H](C(=O)NCc3ccccc3)[C@@H](O)[C@H]2c2cnc(C3CC3)[nH]2)CC1. The Balaban J connectivity index is 1.30. The minimum atomic E-state index is -0.734. The summed E-state index contributed by atoms with van der Waals surface area (Å²) in [5.41, 5.74) is 2.02. The van der Waals surface area contributed by atoms with Gasteiger partial charge >= 0.3 is 0 Å². The van der Waals surface area contributed by atoms with Gasteiger partial charge in [-0.05, 0) is 57.8 Å². The van der Waals surface area contributed by atoms with E-state index < -0.39 is 12.0 Å². The molecule has 2 aromatic rings. The van der Waals surface area contributed by atoms with Gasteiger partial charge in [-0.25, -0.2) is 4.98 Å². The second-order valence-electron chi connectivity index (χ2n) is 9.91. The zero-order chi connectivity index (χ0) is 22.1. The number of benzene rings is 1. The van der Waals surface area contributed by atoms with Crippen molar-refractivity contribution in [1.82, 2.24) is 25.5 Å². The van der Waals surface area contributed by atoms with Crippen LogP contribution >= 0.6 is 0 Å². The van der Waals surface area contributed by atoms with Crippen LogP contribution in [0.2, 0.25) is 0 Å². The number of hydrogen-bond acceptors (Lipinski definition) is 5. The number of aliphatic hydroxyl groups excluding tert-OH is 1. The predicted molar refractivity (Wildman–Crippen MR) is 123 cm³/mol. The van der Waals surface area contributed by atoms with Crippen molar-refractivity contribution in [3.05, 3.63) is 53.6 Å². The molecule has 5 rings (SSSR count). The first kappa shape index (κ1) is 21.6. The molecule has 3 fully saturated rings. The molecule has 1 amide bonds. The fraction of sp³-hybridized carbons (Fsp3) is 0.600. The normalized spacial score (nSPS) is 29.3. The van der Waals surface area contributed by atoms with Crippen molar-refractivity contribution in [1.29, 1.82) is 0 Å². The van der Waals surface area contributed by atoms with Crippen molar-refractivity contribution >= 4 is 5.91 Å². The number of imidazole rings is 1. The molecule has 172 valence electrons. The van der Waals surface area contributed by atoms with Crippen molar-refractivity contribution in [2.75, 3.05) is 20.1 Å². The maximum Gasteiger partial charge on any atom is 0.226 e. The Morgan fingerprint density at radius 1 is 1.19 bits per heavy atom. The molecule has 0 bridgehead atoms. The van der Waals surface area contributed by atoms with Gasteiger partial charge < -0.3 is 25.6 Å². The molecule has 2 aliphatic carbocycles. The highest BCUT2D eigenvalue weighted by Crippen LogP contribution is 2.42. The van der Waals surface area contributed by atoms with Gasteiger partial charge in [-0.3, -0.25) is 4.79 Å². The number of aromatic amines is 1. The van der Waals surface area contributed by atoms with Crippen LogP contribution in [-0.4, -0.2) is 64.2 Å². The van der Waals surface area contributed by atoms with Gasteiger partial charge in [0.1, 0.15) is 5.82 Å². The van der Waals surface area contributed by atoms with Crippen molar-refractivity contribution in [2.45, 2.75) is 68.7 Å². The molecule has 1 aliphatic heterocycles. The van der Waals surface area contributed by atoms with E-state index in [4.69, 9.17) is 0 Å². The van der Waals surface area contributed by atoms with E-state index in [-0.39, 0.29) is 17.9 Å². The van der Waals surface area contributed by atoms with Gasteiger partial charge in [0, 0.05) is 42.4 Å². The first-order chi connectivity index (χ1) is 15.6. The number of carbonyl (C=O) groups is 1. The van der Waals surface area contributed by atoms with E-state index in [0.717, 1.165) is 43.0 Å². The van der Waals surface area contributed by atoms with Crippen LogP contribution in [0.4, 0.5) is 0 Å². The average Bonchev–Trinajstić information content (AvgIpc) is 3.46. The lowest BCUT2D eigenvalue weighted by atomic mass is 9.94. The van der Waals surface area contributed by atoms with Crippen LogP contribution < -0.4 is 10.6 Å². The average molecular weight is 438 g/mol. The fourth-order valence-corrected chi connectivity index (χ4v) is 5.36. The number of nitrogens with one attached hydrogen (secondary N) is 3. The van der Waals surface area contributed by atoms with Crippen LogP contribution in [0.5, 0.6) is 0 Å². The van der Waals surface area contributed by atoms with Gasteiger partial charge in [-0.2, -0.15) is 0 Å². The first-order valence-corrected chi connectivity index (χ1v) is 12.1. The third-order valence-corrected chi connectivity index (χ3v) is 7.47. The monoisotopic (exact) mass is 437 g/mol. The second kappa shape index (κ2) is 9.33. The molecule has 0 spiro atoms. The number of likely N-dealkylation sites (tertiary alicyclic amines) is 1. The summed E-state index contributed by atoms with van der Waals surface area (Å²) in [7, 11) is 2.16. The molecule has 4 N–H and O–H groups in total. The summed E-state index contributed by atoms with van der Waals surface area (Å²) in [5.74, 6) is 0.915. The molecule has 1 aromatic carbocycles. The summed E-state index contributed by atoms with van der Waals surface area (Å²) < 4.78 is 0. The summed E-state index contributed by atoms with van der Waals surface area (Å²) in [6.07, 6.45) is 6.34. The van der Waals surface area contributed by atoms with E-state index in [2.05, 4.69) is 32.5 Å². The fourth-order valence-electron chi connectivity index (χ4n) is 5.36. The molecule has 2 saturated carbocycles. The molecule has 7 heteroatoms. The predicted octanol–water partition coefficient (Wildman–Crippen LogP) is 2.12. The van der Waals surface area contributed by atoms with E-state index in [0.29, 0.717) is 24.9 Å². The van der Waals surface area contributed by atoms with E-state index in [1.807, 2.05) is 36.5 Å². The number of piperidine rings is 1. The highest BCUT2D eigenvalue weighted by Gasteiger charge is 2.48. The Morgan fingerprint density at radius 2 is 1.94 bits per heavy atom. The molecule has 7 nitrogen and oxygen atoms in total. The maximum atomic E-state index is 13.1.